The first kappa shape index (κ1) is 15.5. The molecule has 0 radical (unpaired) electrons. The van der Waals surface area contributed by atoms with E-state index in [0.717, 1.165) is 4.90 Å². The number of nitrogens with zero attached hydrogens (tertiary/aromatic N) is 4. The molecule has 0 atom stereocenters. The number of ether oxygens (including phenoxy) is 1. The fourth-order valence-corrected chi connectivity index (χ4v) is 2.47. The van der Waals surface area contributed by atoms with Crippen molar-refractivity contribution in [3.8, 4) is 5.82 Å². The number of rotatable bonds is 2. The second kappa shape index (κ2) is 6.04. The molecule has 3 rings (SSSR count). The summed E-state index contributed by atoms with van der Waals surface area (Å²) in [5.41, 5.74) is 0.843. The van der Waals surface area contributed by atoms with Crippen LogP contribution < -0.4 is 0 Å². The summed E-state index contributed by atoms with van der Waals surface area (Å²) >= 11 is 0. The molecule has 1 amide bonds. The van der Waals surface area contributed by atoms with Crippen LogP contribution in [0.5, 0.6) is 0 Å². The third-order valence-corrected chi connectivity index (χ3v) is 3.63. The quantitative estimate of drug-likeness (QED) is 0.844. The number of carbonyl (C=O) groups is 1. The fraction of sp³-hybridized carbons (Fsp3) is 0.400. The summed E-state index contributed by atoms with van der Waals surface area (Å²) in [5.74, 6) is -2.96. The second-order valence-corrected chi connectivity index (χ2v) is 5.38. The molecule has 0 saturated carbocycles. The minimum Gasteiger partial charge on any atom is -0.373 e. The van der Waals surface area contributed by atoms with Gasteiger partial charge in [-0.15, -0.1) is 0 Å². The van der Waals surface area contributed by atoms with Crippen LogP contribution in [0.4, 0.5) is 8.78 Å². The van der Waals surface area contributed by atoms with Crippen molar-refractivity contribution in [3.05, 3.63) is 41.9 Å². The Kier molecular flexibility index (Phi) is 4.08. The molecular formula is C15H16F2N4O2. The third kappa shape index (κ3) is 3.21. The Morgan fingerprint density at radius 2 is 2.22 bits per heavy atom. The number of amides is 1. The van der Waals surface area contributed by atoms with E-state index in [0.29, 0.717) is 11.5 Å². The van der Waals surface area contributed by atoms with Crippen LogP contribution in [0.15, 0.2) is 30.6 Å². The van der Waals surface area contributed by atoms with E-state index in [4.69, 9.17) is 4.74 Å². The van der Waals surface area contributed by atoms with Crippen LogP contribution in [0.2, 0.25) is 0 Å². The molecule has 0 bridgehead atoms. The van der Waals surface area contributed by atoms with Gasteiger partial charge in [-0.05, 0) is 19.1 Å². The van der Waals surface area contributed by atoms with E-state index in [1.807, 2.05) is 0 Å². The van der Waals surface area contributed by atoms with Gasteiger partial charge in [0.15, 0.2) is 5.82 Å². The van der Waals surface area contributed by atoms with Gasteiger partial charge in [0.1, 0.15) is 6.61 Å². The average molecular weight is 322 g/mol. The maximum atomic E-state index is 13.6. The minimum absolute atomic E-state index is 0.0920. The molecule has 1 saturated heterocycles. The lowest BCUT2D eigenvalue weighted by molar-refractivity contribution is -0.0660. The molecule has 0 unspecified atom stereocenters. The predicted molar refractivity (Wildman–Crippen MR) is 77.8 cm³/mol. The highest BCUT2D eigenvalue weighted by atomic mass is 19.3. The van der Waals surface area contributed by atoms with Gasteiger partial charge in [0.05, 0.1) is 30.6 Å². The first-order valence-corrected chi connectivity index (χ1v) is 7.19. The number of hydrogen-bond acceptors (Lipinski definition) is 4. The van der Waals surface area contributed by atoms with Gasteiger partial charge in [-0.3, -0.25) is 4.79 Å². The monoisotopic (exact) mass is 322 g/mol. The molecule has 8 heteroatoms. The molecule has 1 fully saturated rings. The number of aromatic nitrogens is 3. The molecule has 0 spiro atoms. The highest BCUT2D eigenvalue weighted by Gasteiger charge is 2.37. The Balaban J connectivity index is 1.87. The maximum absolute atomic E-state index is 13.6. The average Bonchev–Trinajstić information content (AvgIpc) is 2.81. The van der Waals surface area contributed by atoms with Gasteiger partial charge >= 0.3 is 0 Å². The molecule has 23 heavy (non-hydrogen) atoms. The zero-order chi connectivity index (χ0) is 16.4. The Morgan fingerprint density at radius 1 is 1.39 bits per heavy atom. The largest absolute Gasteiger partial charge is 0.373 e. The lowest BCUT2D eigenvalue weighted by Gasteiger charge is -2.23. The first-order chi connectivity index (χ1) is 11.0. The van der Waals surface area contributed by atoms with Gasteiger partial charge in [0.25, 0.3) is 11.8 Å². The van der Waals surface area contributed by atoms with Gasteiger partial charge in [-0.2, -0.15) is 5.10 Å². The normalized spacial score (nSPS) is 17.8. The van der Waals surface area contributed by atoms with Gasteiger partial charge in [0, 0.05) is 12.7 Å². The van der Waals surface area contributed by atoms with E-state index < -0.39 is 25.0 Å². The van der Waals surface area contributed by atoms with Crippen LogP contribution in [-0.4, -0.2) is 57.8 Å². The molecule has 0 aliphatic carbocycles. The van der Waals surface area contributed by atoms with Crippen LogP contribution >= 0.6 is 0 Å². The van der Waals surface area contributed by atoms with Crippen molar-refractivity contribution in [2.75, 3.05) is 26.3 Å². The number of hydrogen-bond donors (Lipinski definition) is 0. The van der Waals surface area contributed by atoms with E-state index in [-0.39, 0.29) is 18.7 Å². The van der Waals surface area contributed by atoms with Gasteiger partial charge < -0.3 is 9.64 Å². The molecule has 6 nitrogen and oxygen atoms in total. The lowest BCUT2D eigenvalue weighted by Crippen LogP contribution is -2.41. The highest BCUT2D eigenvalue weighted by Crippen LogP contribution is 2.21. The summed E-state index contributed by atoms with van der Waals surface area (Å²) in [6, 6.07) is 5.33. The molecule has 3 heterocycles. The first-order valence-electron chi connectivity index (χ1n) is 7.19. The Bertz CT molecular complexity index is 703. The van der Waals surface area contributed by atoms with Gasteiger partial charge in [-0.1, -0.05) is 6.07 Å². The summed E-state index contributed by atoms with van der Waals surface area (Å²) in [5, 5.41) is 4.15. The molecule has 2 aromatic heterocycles. The standard InChI is InChI=1S/C15H16F2N4O2/c1-11-12(8-19-21(11)13-4-2-3-5-18-13)14(22)20-6-7-23-10-15(16,17)9-20/h2-5,8H,6-7,9-10H2,1H3. The van der Waals surface area contributed by atoms with Crippen LogP contribution in [0, 0.1) is 6.92 Å². The van der Waals surface area contributed by atoms with E-state index in [2.05, 4.69) is 10.1 Å². The van der Waals surface area contributed by atoms with Crippen molar-refractivity contribution in [2.45, 2.75) is 12.8 Å². The van der Waals surface area contributed by atoms with Gasteiger partial charge in [0.2, 0.25) is 0 Å². The summed E-state index contributed by atoms with van der Waals surface area (Å²) < 4.78 is 33.6. The molecule has 122 valence electrons. The third-order valence-electron chi connectivity index (χ3n) is 3.63. The zero-order valence-corrected chi connectivity index (χ0v) is 12.6. The Hall–Kier alpha value is -2.35. The van der Waals surface area contributed by atoms with Crippen LogP contribution in [0.3, 0.4) is 0 Å². The SMILES string of the molecule is Cc1c(C(=O)N2CCOCC(F)(F)C2)cnn1-c1ccccn1. The van der Waals surface area contributed by atoms with E-state index in [1.54, 1.807) is 31.3 Å². The number of pyridine rings is 1. The van der Waals surface area contributed by atoms with Gasteiger partial charge in [-0.25, -0.2) is 18.4 Å². The van der Waals surface area contributed by atoms with E-state index in [1.165, 1.54) is 10.9 Å². The van der Waals surface area contributed by atoms with Crippen molar-refractivity contribution in [1.29, 1.82) is 0 Å². The predicted octanol–water partition coefficient (Wildman–Crippen LogP) is 1.68. The maximum Gasteiger partial charge on any atom is 0.288 e. The number of carbonyl (C=O) groups excluding carboxylic acids is 1. The topological polar surface area (TPSA) is 60.3 Å². The van der Waals surface area contributed by atoms with Crippen molar-refractivity contribution in [3.63, 3.8) is 0 Å². The molecular weight excluding hydrogens is 306 g/mol. The number of alkyl halides is 2. The summed E-state index contributed by atoms with van der Waals surface area (Å²) in [7, 11) is 0. The zero-order valence-electron chi connectivity index (χ0n) is 12.6. The van der Waals surface area contributed by atoms with Crippen LogP contribution in [0.1, 0.15) is 16.1 Å². The molecule has 1 aliphatic rings. The van der Waals surface area contributed by atoms with Crippen molar-refractivity contribution in [2.24, 2.45) is 0 Å². The highest BCUT2D eigenvalue weighted by molar-refractivity contribution is 5.95. The molecule has 1 aliphatic heterocycles. The smallest absolute Gasteiger partial charge is 0.288 e. The Morgan fingerprint density at radius 3 is 2.96 bits per heavy atom. The van der Waals surface area contributed by atoms with Crippen molar-refractivity contribution in [1.82, 2.24) is 19.7 Å². The molecule has 2 aromatic rings. The van der Waals surface area contributed by atoms with Crippen LogP contribution in [0.25, 0.3) is 5.82 Å². The number of halogens is 2. The van der Waals surface area contributed by atoms with E-state index >= 15 is 0 Å². The summed E-state index contributed by atoms with van der Waals surface area (Å²) in [6.45, 7) is 0.613. The molecule has 0 N–H and O–H groups in total. The summed E-state index contributed by atoms with van der Waals surface area (Å²) in [6.07, 6.45) is 3.00. The Labute approximate surface area is 131 Å². The fourth-order valence-electron chi connectivity index (χ4n) is 2.47. The van der Waals surface area contributed by atoms with E-state index in [9.17, 15) is 13.6 Å². The lowest BCUT2D eigenvalue weighted by atomic mass is 10.2. The van der Waals surface area contributed by atoms with Crippen molar-refractivity contribution >= 4 is 5.91 Å². The van der Waals surface area contributed by atoms with Crippen molar-refractivity contribution < 1.29 is 18.3 Å². The molecule has 0 aromatic carbocycles. The second-order valence-electron chi connectivity index (χ2n) is 5.38. The minimum atomic E-state index is -3.04. The summed E-state index contributed by atoms with van der Waals surface area (Å²) in [4.78, 5) is 17.8. The van der Waals surface area contributed by atoms with Crippen LogP contribution in [-0.2, 0) is 4.74 Å².